The van der Waals surface area contributed by atoms with Gasteiger partial charge >= 0.3 is 0 Å². The first kappa shape index (κ1) is 33.6. The Bertz CT molecular complexity index is 2340. The van der Waals surface area contributed by atoms with Crippen LogP contribution in [0.5, 0.6) is 0 Å². The van der Waals surface area contributed by atoms with Gasteiger partial charge in [0.2, 0.25) is 0 Å². The minimum atomic E-state index is -0.703. The molecule has 7 aromatic rings. The van der Waals surface area contributed by atoms with Crippen molar-refractivity contribution in [3.05, 3.63) is 239 Å². The number of hydrogen-bond acceptors (Lipinski definition) is 3. The van der Waals surface area contributed by atoms with E-state index in [-0.39, 0.29) is 5.41 Å². The highest BCUT2D eigenvalue weighted by molar-refractivity contribution is 5.86. The van der Waals surface area contributed by atoms with E-state index in [9.17, 15) is 0 Å². The zero-order valence-corrected chi connectivity index (χ0v) is 31.4. The second-order valence-corrected chi connectivity index (χ2v) is 15.8. The SMILES string of the molecule is CN1C=CN(c2cccc(C3(c4cc(C(C)(C)C)cc(C(c5ccccc5)(c5ccccc5)c5ccccc5)n4)c4ccccc4-c4ccccc43)c2)C1. The molecule has 1 aliphatic carbocycles. The van der Waals surface area contributed by atoms with Gasteiger partial charge < -0.3 is 9.80 Å². The second-order valence-electron chi connectivity index (χ2n) is 15.8. The number of aromatic nitrogens is 1. The van der Waals surface area contributed by atoms with Crippen molar-refractivity contribution in [2.24, 2.45) is 0 Å². The summed E-state index contributed by atoms with van der Waals surface area (Å²) in [6.07, 6.45) is 4.31. The molecule has 3 nitrogen and oxygen atoms in total. The van der Waals surface area contributed by atoms with Crippen LogP contribution in [0.2, 0.25) is 0 Å². The number of hydrogen-bond donors (Lipinski definition) is 0. The molecule has 0 unspecified atom stereocenters. The van der Waals surface area contributed by atoms with Crippen molar-refractivity contribution in [3.8, 4) is 11.1 Å². The Hall–Kier alpha value is -6.19. The zero-order valence-electron chi connectivity index (χ0n) is 31.4. The van der Waals surface area contributed by atoms with Gasteiger partial charge in [-0.1, -0.05) is 172 Å². The molecule has 2 aliphatic rings. The molecule has 0 amide bonds. The fourth-order valence-electron chi connectivity index (χ4n) is 8.94. The average molecular weight is 700 g/mol. The molecule has 264 valence electrons. The third-order valence-corrected chi connectivity index (χ3v) is 11.5. The highest BCUT2D eigenvalue weighted by Crippen LogP contribution is 2.57. The van der Waals surface area contributed by atoms with E-state index in [4.69, 9.17) is 4.98 Å². The first-order valence-electron chi connectivity index (χ1n) is 19.0. The van der Waals surface area contributed by atoms with Crippen LogP contribution in [0.25, 0.3) is 11.1 Å². The molecule has 0 atom stereocenters. The summed E-state index contributed by atoms with van der Waals surface area (Å²) in [4.78, 5) is 10.6. The lowest BCUT2D eigenvalue weighted by molar-refractivity contribution is 0.495. The molecule has 0 N–H and O–H groups in total. The summed E-state index contributed by atoms with van der Waals surface area (Å²) in [7, 11) is 2.12. The smallest absolute Gasteiger partial charge is 0.0938 e. The molecule has 1 aromatic heterocycles. The third kappa shape index (κ3) is 5.21. The topological polar surface area (TPSA) is 19.4 Å². The van der Waals surface area contributed by atoms with Crippen LogP contribution < -0.4 is 4.90 Å². The van der Waals surface area contributed by atoms with Crippen molar-refractivity contribution in [3.63, 3.8) is 0 Å². The fourth-order valence-corrected chi connectivity index (χ4v) is 8.94. The predicted molar refractivity (Wildman–Crippen MR) is 223 cm³/mol. The van der Waals surface area contributed by atoms with Gasteiger partial charge in [0, 0.05) is 25.1 Å². The normalized spacial score (nSPS) is 14.6. The molecule has 0 saturated heterocycles. The molecular formula is C51H45N3. The van der Waals surface area contributed by atoms with Gasteiger partial charge in [-0.25, -0.2) is 0 Å². The van der Waals surface area contributed by atoms with Gasteiger partial charge in [0.1, 0.15) is 0 Å². The van der Waals surface area contributed by atoms with E-state index in [1.807, 2.05) is 0 Å². The molecule has 0 fully saturated rings. The molecule has 54 heavy (non-hydrogen) atoms. The van der Waals surface area contributed by atoms with E-state index in [1.54, 1.807) is 0 Å². The molecule has 0 spiro atoms. The average Bonchev–Trinajstić information content (AvgIpc) is 3.79. The first-order chi connectivity index (χ1) is 26.3. The summed E-state index contributed by atoms with van der Waals surface area (Å²) in [5, 5.41) is 0. The molecule has 1 aliphatic heterocycles. The van der Waals surface area contributed by atoms with E-state index >= 15 is 0 Å². The van der Waals surface area contributed by atoms with Crippen molar-refractivity contribution in [2.45, 2.75) is 37.0 Å². The van der Waals surface area contributed by atoms with Crippen LogP contribution in [-0.4, -0.2) is 23.6 Å². The largest absolute Gasteiger partial charge is 0.361 e. The number of pyridine rings is 1. The van der Waals surface area contributed by atoms with Gasteiger partial charge in [0.25, 0.3) is 0 Å². The standard InChI is InChI=1S/C51H45N3/c1-49(2,3)41-34-47(50(37-19-8-5-9-20-37,38-21-10-6-11-22-38)39-23-12-7-13-24-39)52-48(35-41)51(40-25-18-26-42(33-40)54-32-31-53(4)36-54)45-29-16-14-27-43(45)44-28-15-17-30-46(44)51/h5-35H,36H2,1-4H3. The highest BCUT2D eigenvalue weighted by Gasteiger charge is 2.49. The minimum Gasteiger partial charge on any atom is -0.361 e. The lowest BCUT2D eigenvalue weighted by Crippen LogP contribution is -2.36. The quantitative estimate of drug-likeness (QED) is 0.154. The summed E-state index contributed by atoms with van der Waals surface area (Å²) < 4.78 is 0. The van der Waals surface area contributed by atoms with Gasteiger partial charge in [-0.2, -0.15) is 0 Å². The number of anilines is 1. The van der Waals surface area contributed by atoms with Gasteiger partial charge in [0.05, 0.1) is 28.9 Å². The summed E-state index contributed by atoms with van der Waals surface area (Å²) in [5.74, 6) is 0. The number of rotatable bonds is 7. The van der Waals surface area contributed by atoms with Gasteiger partial charge in [-0.05, 0) is 79.8 Å². The van der Waals surface area contributed by atoms with Crippen LogP contribution in [0.15, 0.2) is 188 Å². The maximum absolute atomic E-state index is 6.08. The Morgan fingerprint density at radius 3 is 1.54 bits per heavy atom. The Balaban J connectivity index is 1.44. The van der Waals surface area contributed by atoms with Crippen molar-refractivity contribution in [1.82, 2.24) is 9.88 Å². The maximum Gasteiger partial charge on any atom is 0.0938 e. The fraction of sp³-hybridized carbons (Fsp3) is 0.157. The molecule has 0 saturated carbocycles. The molecule has 9 rings (SSSR count). The van der Waals surface area contributed by atoms with Crippen LogP contribution in [0.3, 0.4) is 0 Å². The Kier molecular flexibility index (Phi) is 8.12. The zero-order chi connectivity index (χ0) is 36.9. The van der Waals surface area contributed by atoms with Crippen molar-refractivity contribution in [2.75, 3.05) is 18.6 Å². The lowest BCUT2D eigenvalue weighted by atomic mass is 9.65. The van der Waals surface area contributed by atoms with E-state index in [0.29, 0.717) is 0 Å². The molecule has 2 heterocycles. The van der Waals surface area contributed by atoms with E-state index in [2.05, 4.69) is 226 Å². The summed E-state index contributed by atoms with van der Waals surface area (Å²) >= 11 is 0. The van der Waals surface area contributed by atoms with Gasteiger partial charge in [-0.3, -0.25) is 4.98 Å². The predicted octanol–water partition coefficient (Wildman–Crippen LogP) is 11.3. The highest BCUT2D eigenvalue weighted by atomic mass is 15.3. The molecule has 0 bridgehead atoms. The van der Waals surface area contributed by atoms with E-state index in [1.165, 1.54) is 50.1 Å². The Labute approximate surface area is 319 Å². The van der Waals surface area contributed by atoms with Crippen LogP contribution in [0.4, 0.5) is 5.69 Å². The monoisotopic (exact) mass is 699 g/mol. The van der Waals surface area contributed by atoms with Crippen molar-refractivity contribution >= 4 is 5.69 Å². The van der Waals surface area contributed by atoms with Crippen LogP contribution in [0, 0.1) is 0 Å². The molecule has 3 heteroatoms. The summed E-state index contributed by atoms with van der Waals surface area (Å²) in [6, 6.07) is 64.8. The Morgan fingerprint density at radius 1 is 0.519 bits per heavy atom. The lowest BCUT2D eigenvalue weighted by Gasteiger charge is -2.39. The number of fused-ring (bicyclic) bond motifs is 3. The maximum atomic E-state index is 6.08. The van der Waals surface area contributed by atoms with Crippen LogP contribution in [0.1, 0.15) is 71.1 Å². The second kappa shape index (κ2) is 13.0. The van der Waals surface area contributed by atoms with E-state index in [0.717, 1.165) is 23.7 Å². The van der Waals surface area contributed by atoms with Crippen molar-refractivity contribution in [1.29, 1.82) is 0 Å². The van der Waals surface area contributed by atoms with Crippen molar-refractivity contribution < 1.29 is 0 Å². The molecule has 6 aromatic carbocycles. The minimum absolute atomic E-state index is 0.173. The third-order valence-electron chi connectivity index (χ3n) is 11.5. The Morgan fingerprint density at radius 2 is 1.04 bits per heavy atom. The van der Waals surface area contributed by atoms with Crippen LogP contribution in [-0.2, 0) is 16.2 Å². The van der Waals surface area contributed by atoms with Gasteiger partial charge in [-0.15, -0.1) is 0 Å². The van der Waals surface area contributed by atoms with E-state index < -0.39 is 10.8 Å². The molecular weight excluding hydrogens is 655 g/mol. The van der Waals surface area contributed by atoms with Gasteiger partial charge in [0.15, 0.2) is 0 Å². The first-order valence-corrected chi connectivity index (χ1v) is 19.0. The molecule has 0 radical (unpaired) electrons. The summed E-state index contributed by atoms with van der Waals surface area (Å²) in [6.45, 7) is 7.78. The number of nitrogens with zero attached hydrogens (tertiary/aromatic N) is 3. The summed E-state index contributed by atoms with van der Waals surface area (Å²) in [5.41, 5.74) is 12.6. The number of benzene rings is 6. The van der Waals surface area contributed by atoms with Crippen LogP contribution >= 0.6 is 0 Å².